The van der Waals surface area contributed by atoms with Crippen molar-refractivity contribution in [2.75, 3.05) is 27.4 Å². The molecule has 2 heterocycles. The fraction of sp³-hybridized carbons (Fsp3) is 0.250. The SMILES string of the molecule is COCCOc1nc(C(=O)OC)c(O)c2ncc(Cc3ccc(F)cc3)cc12. The van der Waals surface area contributed by atoms with Crippen LogP contribution in [-0.4, -0.2) is 48.5 Å². The molecule has 3 rings (SSSR count). The van der Waals surface area contributed by atoms with Crippen LogP contribution in [0.5, 0.6) is 11.6 Å². The van der Waals surface area contributed by atoms with Gasteiger partial charge < -0.3 is 19.3 Å². The molecule has 28 heavy (non-hydrogen) atoms. The van der Waals surface area contributed by atoms with Gasteiger partial charge in [0, 0.05) is 13.3 Å². The Hall–Kier alpha value is -3.26. The van der Waals surface area contributed by atoms with Crippen molar-refractivity contribution in [3.8, 4) is 11.6 Å². The minimum Gasteiger partial charge on any atom is -0.504 e. The number of hydrogen-bond donors (Lipinski definition) is 1. The summed E-state index contributed by atoms with van der Waals surface area (Å²) >= 11 is 0. The molecular formula is C20H19FN2O5. The van der Waals surface area contributed by atoms with Crippen LogP contribution in [0.1, 0.15) is 21.6 Å². The first-order valence-corrected chi connectivity index (χ1v) is 8.49. The number of carbonyl (C=O) groups excluding carboxylic acids is 1. The first kappa shape index (κ1) is 19.5. The maximum absolute atomic E-state index is 13.1. The minimum atomic E-state index is -0.798. The lowest BCUT2D eigenvalue weighted by atomic mass is 10.0. The lowest BCUT2D eigenvalue weighted by Gasteiger charge is -2.12. The van der Waals surface area contributed by atoms with Crippen LogP contribution in [0.25, 0.3) is 10.9 Å². The number of aromatic hydroxyl groups is 1. The average Bonchev–Trinajstić information content (AvgIpc) is 2.71. The van der Waals surface area contributed by atoms with Crippen molar-refractivity contribution >= 4 is 16.9 Å². The second kappa shape index (κ2) is 8.62. The highest BCUT2D eigenvalue weighted by molar-refractivity contribution is 5.99. The molecule has 0 spiro atoms. The van der Waals surface area contributed by atoms with Gasteiger partial charge in [0.05, 0.1) is 19.1 Å². The molecule has 0 unspecified atom stereocenters. The monoisotopic (exact) mass is 386 g/mol. The Morgan fingerprint density at radius 3 is 2.57 bits per heavy atom. The van der Waals surface area contributed by atoms with Crippen LogP contribution in [-0.2, 0) is 15.9 Å². The number of fused-ring (bicyclic) bond motifs is 1. The van der Waals surface area contributed by atoms with Crippen LogP contribution >= 0.6 is 0 Å². The molecule has 0 aliphatic rings. The first-order chi connectivity index (χ1) is 13.5. The molecule has 0 bridgehead atoms. The third kappa shape index (κ3) is 4.17. The summed E-state index contributed by atoms with van der Waals surface area (Å²) in [4.78, 5) is 20.3. The lowest BCUT2D eigenvalue weighted by molar-refractivity contribution is 0.0589. The van der Waals surface area contributed by atoms with Crippen molar-refractivity contribution in [1.29, 1.82) is 0 Å². The van der Waals surface area contributed by atoms with E-state index in [2.05, 4.69) is 14.7 Å². The Labute approximate surface area is 160 Å². The normalized spacial score (nSPS) is 10.8. The van der Waals surface area contributed by atoms with Gasteiger partial charge in [-0.3, -0.25) is 4.98 Å². The number of rotatable bonds is 7. The highest BCUT2D eigenvalue weighted by Gasteiger charge is 2.22. The van der Waals surface area contributed by atoms with E-state index in [9.17, 15) is 14.3 Å². The molecule has 8 heteroatoms. The molecule has 1 N–H and O–H groups in total. The predicted molar refractivity (Wildman–Crippen MR) is 99.1 cm³/mol. The zero-order valence-electron chi connectivity index (χ0n) is 15.4. The number of benzene rings is 1. The molecular weight excluding hydrogens is 367 g/mol. The smallest absolute Gasteiger partial charge is 0.360 e. The molecule has 0 aliphatic heterocycles. The second-order valence-electron chi connectivity index (χ2n) is 5.99. The minimum absolute atomic E-state index is 0.138. The zero-order valence-corrected chi connectivity index (χ0v) is 15.4. The average molecular weight is 386 g/mol. The van der Waals surface area contributed by atoms with Gasteiger partial charge in [-0.1, -0.05) is 12.1 Å². The molecule has 0 fully saturated rings. The fourth-order valence-electron chi connectivity index (χ4n) is 2.69. The Balaban J connectivity index is 2.04. The van der Waals surface area contributed by atoms with Crippen LogP contribution in [0, 0.1) is 5.82 Å². The maximum Gasteiger partial charge on any atom is 0.360 e. The topological polar surface area (TPSA) is 90.8 Å². The first-order valence-electron chi connectivity index (χ1n) is 8.49. The number of nitrogens with zero attached hydrogens (tertiary/aromatic N) is 2. The number of carbonyl (C=O) groups is 1. The summed E-state index contributed by atoms with van der Waals surface area (Å²) in [7, 11) is 2.73. The van der Waals surface area contributed by atoms with Crippen molar-refractivity contribution in [3.63, 3.8) is 0 Å². The molecule has 7 nitrogen and oxygen atoms in total. The third-order valence-corrected chi connectivity index (χ3v) is 4.06. The number of aromatic nitrogens is 2. The summed E-state index contributed by atoms with van der Waals surface area (Å²) in [6.45, 7) is 0.520. The van der Waals surface area contributed by atoms with Gasteiger partial charge in [-0.05, 0) is 35.7 Å². The maximum atomic E-state index is 13.1. The van der Waals surface area contributed by atoms with Crippen molar-refractivity contribution < 1.29 is 28.5 Å². The van der Waals surface area contributed by atoms with Crippen molar-refractivity contribution in [2.24, 2.45) is 0 Å². The Morgan fingerprint density at radius 2 is 1.89 bits per heavy atom. The molecule has 0 radical (unpaired) electrons. The van der Waals surface area contributed by atoms with E-state index in [4.69, 9.17) is 9.47 Å². The van der Waals surface area contributed by atoms with Gasteiger partial charge in [0.25, 0.3) is 0 Å². The lowest BCUT2D eigenvalue weighted by Crippen LogP contribution is -2.10. The summed E-state index contributed by atoms with van der Waals surface area (Å²) in [5.41, 5.74) is 1.60. The Morgan fingerprint density at radius 1 is 1.14 bits per heavy atom. The van der Waals surface area contributed by atoms with Gasteiger partial charge in [0.1, 0.15) is 17.9 Å². The van der Waals surface area contributed by atoms with Gasteiger partial charge >= 0.3 is 5.97 Å². The van der Waals surface area contributed by atoms with Gasteiger partial charge in [0.15, 0.2) is 11.4 Å². The van der Waals surface area contributed by atoms with E-state index in [0.717, 1.165) is 11.1 Å². The molecule has 0 aliphatic carbocycles. The van der Waals surface area contributed by atoms with Crippen LogP contribution in [0.2, 0.25) is 0 Å². The number of esters is 1. The zero-order chi connectivity index (χ0) is 20.1. The van der Waals surface area contributed by atoms with Crippen LogP contribution in [0.3, 0.4) is 0 Å². The second-order valence-corrected chi connectivity index (χ2v) is 5.99. The van der Waals surface area contributed by atoms with Gasteiger partial charge in [0.2, 0.25) is 5.88 Å². The van der Waals surface area contributed by atoms with E-state index in [1.807, 2.05) is 0 Å². The largest absolute Gasteiger partial charge is 0.504 e. The molecule has 2 aromatic heterocycles. The molecule has 1 aromatic carbocycles. The molecule has 0 saturated heterocycles. The van der Waals surface area contributed by atoms with Gasteiger partial charge in [-0.15, -0.1) is 0 Å². The van der Waals surface area contributed by atoms with E-state index >= 15 is 0 Å². The molecule has 0 saturated carbocycles. The van der Waals surface area contributed by atoms with E-state index in [0.29, 0.717) is 18.4 Å². The van der Waals surface area contributed by atoms with Crippen molar-refractivity contribution in [1.82, 2.24) is 9.97 Å². The predicted octanol–water partition coefficient (Wildman–Crippen LogP) is 2.88. The van der Waals surface area contributed by atoms with Crippen molar-refractivity contribution in [2.45, 2.75) is 6.42 Å². The summed E-state index contributed by atoms with van der Waals surface area (Å²) in [5.74, 6) is -1.35. The molecule has 0 amide bonds. The summed E-state index contributed by atoms with van der Waals surface area (Å²) in [6.07, 6.45) is 2.08. The van der Waals surface area contributed by atoms with Crippen LogP contribution in [0.4, 0.5) is 4.39 Å². The highest BCUT2D eigenvalue weighted by atomic mass is 19.1. The molecule has 3 aromatic rings. The van der Waals surface area contributed by atoms with Gasteiger partial charge in [-0.2, -0.15) is 0 Å². The number of halogens is 1. The quantitative estimate of drug-likeness (QED) is 0.493. The highest BCUT2D eigenvalue weighted by Crippen LogP contribution is 2.33. The van der Waals surface area contributed by atoms with E-state index in [1.165, 1.54) is 26.4 Å². The fourth-order valence-corrected chi connectivity index (χ4v) is 2.69. The summed E-state index contributed by atoms with van der Waals surface area (Å²) < 4.78 is 28.4. The number of ether oxygens (including phenoxy) is 3. The van der Waals surface area contributed by atoms with E-state index in [-0.39, 0.29) is 35.3 Å². The molecule has 0 atom stereocenters. The Bertz CT molecular complexity index is 992. The third-order valence-electron chi connectivity index (χ3n) is 4.06. The number of hydrogen-bond acceptors (Lipinski definition) is 7. The van der Waals surface area contributed by atoms with E-state index in [1.54, 1.807) is 24.4 Å². The Kier molecular flexibility index (Phi) is 6.00. The summed E-state index contributed by atoms with van der Waals surface area (Å²) in [6, 6.07) is 7.91. The van der Waals surface area contributed by atoms with Crippen LogP contribution < -0.4 is 4.74 Å². The standard InChI is InChI=1S/C20H19FN2O5/c1-26-7-8-28-19-15-10-13(9-12-3-5-14(21)6-4-12)11-22-16(15)18(24)17(23-19)20(25)27-2/h3-6,10-11,24H,7-9H2,1-2H3. The van der Waals surface area contributed by atoms with Gasteiger partial charge in [-0.25, -0.2) is 14.2 Å². The number of pyridine rings is 2. The summed E-state index contributed by atoms with van der Waals surface area (Å²) in [5, 5.41) is 10.9. The number of methoxy groups -OCH3 is 2. The van der Waals surface area contributed by atoms with Crippen molar-refractivity contribution in [3.05, 3.63) is 59.2 Å². The molecule has 146 valence electrons. The van der Waals surface area contributed by atoms with E-state index < -0.39 is 5.97 Å². The van der Waals surface area contributed by atoms with Crippen LogP contribution in [0.15, 0.2) is 36.5 Å².